The van der Waals surface area contributed by atoms with Crippen molar-refractivity contribution in [3.05, 3.63) is 71.5 Å². The molecule has 0 atom stereocenters. The molecular weight excluding hydrogens is 326 g/mol. The topological polar surface area (TPSA) is 90.7 Å². The van der Waals surface area contributed by atoms with Crippen LogP contribution >= 0.6 is 0 Å². The van der Waals surface area contributed by atoms with E-state index in [9.17, 15) is 4.79 Å². The van der Waals surface area contributed by atoms with Gasteiger partial charge in [0.15, 0.2) is 5.78 Å². The van der Waals surface area contributed by atoms with Crippen molar-refractivity contribution in [2.45, 2.75) is 13.8 Å². The molecule has 3 rings (SSSR count). The van der Waals surface area contributed by atoms with E-state index in [1.807, 2.05) is 24.3 Å². The summed E-state index contributed by atoms with van der Waals surface area (Å²) < 4.78 is 0. The molecule has 0 unspecified atom stereocenters. The lowest BCUT2D eigenvalue weighted by atomic mass is 10.1. The molecule has 128 valence electrons. The van der Waals surface area contributed by atoms with Crippen LogP contribution in [0, 0.1) is 18.3 Å². The van der Waals surface area contributed by atoms with Gasteiger partial charge in [0.2, 0.25) is 0 Å². The lowest BCUT2D eigenvalue weighted by Crippen LogP contribution is -2.02. The normalized spacial score (nSPS) is 10.0. The van der Waals surface area contributed by atoms with Crippen molar-refractivity contribution in [1.29, 1.82) is 5.26 Å². The second kappa shape index (κ2) is 7.45. The van der Waals surface area contributed by atoms with Gasteiger partial charge in [0.05, 0.1) is 11.6 Å². The van der Waals surface area contributed by atoms with E-state index in [1.54, 1.807) is 37.3 Å². The molecule has 6 nitrogen and oxygen atoms in total. The van der Waals surface area contributed by atoms with Crippen LogP contribution in [0.5, 0.6) is 0 Å². The Bertz CT molecular complexity index is 990. The van der Waals surface area contributed by atoms with E-state index >= 15 is 0 Å². The largest absolute Gasteiger partial charge is 0.340 e. The molecule has 26 heavy (non-hydrogen) atoms. The minimum Gasteiger partial charge on any atom is -0.340 e. The Kier molecular flexibility index (Phi) is 4.90. The monoisotopic (exact) mass is 343 g/mol. The van der Waals surface area contributed by atoms with Crippen LogP contribution in [0.25, 0.3) is 0 Å². The molecule has 1 heterocycles. The van der Waals surface area contributed by atoms with Crippen LogP contribution in [0.2, 0.25) is 0 Å². The molecule has 0 aliphatic carbocycles. The molecule has 1 aromatic heterocycles. The number of hydrogen-bond donors (Lipinski definition) is 2. The van der Waals surface area contributed by atoms with Gasteiger partial charge in [-0.2, -0.15) is 5.26 Å². The first-order valence-corrected chi connectivity index (χ1v) is 8.04. The van der Waals surface area contributed by atoms with Crippen LogP contribution in [-0.4, -0.2) is 15.8 Å². The maximum atomic E-state index is 11.4. The number of anilines is 4. The zero-order valence-corrected chi connectivity index (χ0v) is 14.4. The first-order chi connectivity index (χ1) is 12.5. The number of aryl methyl sites for hydroxylation is 1. The Hall–Kier alpha value is -3.72. The van der Waals surface area contributed by atoms with E-state index in [2.05, 4.69) is 26.7 Å². The second-order valence-electron chi connectivity index (χ2n) is 5.76. The number of carbonyl (C=O) groups excluding carboxylic acids is 1. The molecule has 6 heteroatoms. The lowest BCUT2D eigenvalue weighted by molar-refractivity contribution is 0.101. The summed E-state index contributed by atoms with van der Waals surface area (Å²) in [5, 5.41) is 15.4. The number of hydrogen-bond acceptors (Lipinski definition) is 6. The molecule has 3 aromatic rings. The average molecular weight is 343 g/mol. The Morgan fingerprint density at radius 1 is 0.962 bits per heavy atom. The van der Waals surface area contributed by atoms with Gasteiger partial charge in [0, 0.05) is 23.0 Å². The fourth-order valence-corrected chi connectivity index (χ4v) is 2.45. The highest BCUT2D eigenvalue weighted by Crippen LogP contribution is 2.21. The van der Waals surface area contributed by atoms with Gasteiger partial charge in [0.25, 0.3) is 0 Å². The zero-order valence-electron chi connectivity index (χ0n) is 14.4. The summed E-state index contributed by atoms with van der Waals surface area (Å²) in [6.45, 7) is 3.34. The Morgan fingerprint density at radius 3 is 2.23 bits per heavy atom. The van der Waals surface area contributed by atoms with Crippen LogP contribution < -0.4 is 10.6 Å². The molecule has 0 aliphatic rings. The maximum absolute atomic E-state index is 11.4. The summed E-state index contributed by atoms with van der Waals surface area (Å²) in [7, 11) is 0. The molecule has 2 N–H and O–H groups in total. The molecule has 0 fully saturated rings. The number of carbonyl (C=O) groups is 1. The number of rotatable bonds is 5. The zero-order chi connectivity index (χ0) is 18.5. The Balaban J connectivity index is 1.81. The van der Waals surface area contributed by atoms with Crippen LogP contribution in [0.3, 0.4) is 0 Å². The van der Waals surface area contributed by atoms with Crippen molar-refractivity contribution < 1.29 is 4.79 Å². The highest BCUT2D eigenvalue weighted by atomic mass is 16.1. The molecule has 0 spiro atoms. The number of Topliss-reactive ketones (excluding diaryl/α,β-unsaturated/α-hetero) is 1. The number of nitrogens with zero attached hydrogens (tertiary/aromatic N) is 3. The van der Waals surface area contributed by atoms with Crippen molar-refractivity contribution in [2.75, 3.05) is 10.6 Å². The van der Waals surface area contributed by atoms with Gasteiger partial charge < -0.3 is 10.6 Å². The van der Waals surface area contributed by atoms with E-state index in [1.165, 1.54) is 6.92 Å². The summed E-state index contributed by atoms with van der Waals surface area (Å²) in [5.41, 5.74) is 2.84. The van der Waals surface area contributed by atoms with Crippen LogP contribution in [0.4, 0.5) is 23.0 Å². The highest BCUT2D eigenvalue weighted by molar-refractivity contribution is 5.94. The molecule has 0 radical (unpaired) electrons. The average Bonchev–Trinajstić information content (AvgIpc) is 2.62. The highest BCUT2D eigenvalue weighted by Gasteiger charge is 2.05. The van der Waals surface area contributed by atoms with E-state index < -0.39 is 0 Å². The Morgan fingerprint density at radius 2 is 1.62 bits per heavy atom. The number of ketones is 1. The standard InChI is InChI=1S/C20H17N5O/c1-13(26)16-6-8-17(9-7-16)24-19-11-20(23-14(2)22-19)25-18-5-3-4-15(10-18)12-21/h3-11H,1-2H3,(H2,22,23,24,25). The van der Waals surface area contributed by atoms with Crippen molar-refractivity contribution in [1.82, 2.24) is 9.97 Å². The fourth-order valence-electron chi connectivity index (χ4n) is 2.45. The molecule has 0 aliphatic heterocycles. The van der Waals surface area contributed by atoms with Gasteiger partial charge in [-0.05, 0) is 56.3 Å². The maximum Gasteiger partial charge on any atom is 0.159 e. The van der Waals surface area contributed by atoms with Gasteiger partial charge in [-0.3, -0.25) is 4.79 Å². The predicted octanol–water partition coefficient (Wildman–Crippen LogP) is 4.35. The third-order valence-electron chi connectivity index (χ3n) is 3.67. The lowest BCUT2D eigenvalue weighted by Gasteiger charge is -2.11. The van der Waals surface area contributed by atoms with Gasteiger partial charge in [-0.25, -0.2) is 9.97 Å². The van der Waals surface area contributed by atoms with Crippen LogP contribution in [0.1, 0.15) is 28.7 Å². The SMILES string of the molecule is CC(=O)c1ccc(Nc2cc(Nc3cccc(C#N)c3)nc(C)n2)cc1. The van der Waals surface area contributed by atoms with Crippen molar-refractivity contribution in [2.24, 2.45) is 0 Å². The summed E-state index contributed by atoms with van der Waals surface area (Å²) >= 11 is 0. The fraction of sp³-hybridized carbons (Fsp3) is 0.100. The van der Waals surface area contributed by atoms with E-state index in [0.717, 1.165) is 11.4 Å². The predicted molar refractivity (Wildman–Crippen MR) is 101 cm³/mol. The number of benzene rings is 2. The van der Waals surface area contributed by atoms with Crippen LogP contribution in [0.15, 0.2) is 54.6 Å². The molecular formula is C20H17N5O. The quantitative estimate of drug-likeness (QED) is 0.669. The summed E-state index contributed by atoms with van der Waals surface area (Å²) in [4.78, 5) is 20.1. The molecule has 0 bridgehead atoms. The third kappa shape index (κ3) is 4.22. The summed E-state index contributed by atoms with van der Waals surface area (Å²) in [6, 6.07) is 18.3. The first-order valence-electron chi connectivity index (χ1n) is 8.04. The van der Waals surface area contributed by atoms with Crippen molar-refractivity contribution >= 4 is 28.8 Å². The number of nitrogens with one attached hydrogen (secondary N) is 2. The number of aromatic nitrogens is 2. The number of nitriles is 1. The summed E-state index contributed by atoms with van der Waals surface area (Å²) in [6.07, 6.45) is 0. The van der Waals surface area contributed by atoms with Gasteiger partial charge in [0.1, 0.15) is 17.5 Å². The van der Waals surface area contributed by atoms with Gasteiger partial charge in [-0.15, -0.1) is 0 Å². The molecule has 0 saturated heterocycles. The second-order valence-corrected chi connectivity index (χ2v) is 5.76. The molecule has 0 amide bonds. The molecule has 0 saturated carbocycles. The molecule has 2 aromatic carbocycles. The van der Waals surface area contributed by atoms with Crippen molar-refractivity contribution in [3.63, 3.8) is 0 Å². The third-order valence-corrected chi connectivity index (χ3v) is 3.67. The summed E-state index contributed by atoms with van der Waals surface area (Å²) in [5.74, 6) is 1.89. The van der Waals surface area contributed by atoms with Gasteiger partial charge >= 0.3 is 0 Å². The Labute approximate surface area is 151 Å². The van der Waals surface area contributed by atoms with Crippen LogP contribution in [-0.2, 0) is 0 Å². The minimum atomic E-state index is 0.0283. The van der Waals surface area contributed by atoms with E-state index in [0.29, 0.717) is 28.6 Å². The minimum absolute atomic E-state index is 0.0283. The van der Waals surface area contributed by atoms with Gasteiger partial charge in [-0.1, -0.05) is 6.07 Å². The van der Waals surface area contributed by atoms with Crippen molar-refractivity contribution in [3.8, 4) is 6.07 Å². The first kappa shape index (κ1) is 17.1. The van der Waals surface area contributed by atoms with E-state index in [-0.39, 0.29) is 5.78 Å². The smallest absolute Gasteiger partial charge is 0.159 e. The van der Waals surface area contributed by atoms with E-state index in [4.69, 9.17) is 5.26 Å².